The highest BCUT2D eigenvalue weighted by Gasteiger charge is 2.64. The van der Waals surface area contributed by atoms with Crippen LogP contribution in [0.25, 0.3) is 0 Å². The van der Waals surface area contributed by atoms with E-state index in [1.807, 2.05) is 0 Å². The first-order chi connectivity index (χ1) is 13.1. The lowest BCUT2D eigenvalue weighted by Crippen LogP contribution is -2.51. The monoisotopic (exact) mass is 378 g/mol. The summed E-state index contributed by atoms with van der Waals surface area (Å²) < 4.78 is 17.3. The molecule has 5 fully saturated rings. The molecule has 0 amide bonds. The van der Waals surface area contributed by atoms with Crippen LogP contribution in [0.3, 0.4) is 0 Å². The first kappa shape index (κ1) is 18.3. The molecule has 6 nitrogen and oxygen atoms in total. The lowest BCUT2D eigenvalue weighted by atomic mass is 9.53. The summed E-state index contributed by atoms with van der Waals surface area (Å²) in [7, 11) is 0. The molecule has 3 heterocycles. The highest BCUT2D eigenvalue weighted by Crippen LogP contribution is 2.62. The minimum absolute atomic E-state index is 0.0157. The molecule has 2 unspecified atom stereocenters. The van der Waals surface area contributed by atoms with Gasteiger partial charge in [0.05, 0.1) is 31.3 Å². The third-order valence-corrected chi connectivity index (χ3v) is 8.15. The average Bonchev–Trinajstić information content (AvgIpc) is 3.36. The number of esters is 1. The van der Waals surface area contributed by atoms with Gasteiger partial charge in [-0.3, -0.25) is 9.69 Å². The second-order valence-electron chi connectivity index (χ2n) is 9.76. The Bertz CT molecular complexity index is 575. The van der Waals surface area contributed by atoms with E-state index in [-0.39, 0.29) is 29.0 Å². The van der Waals surface area contributed by atoms with Gasteiger partial charge in [0.2, 0.25) is 0 Å². The molecule has 1 N–H and O–H groups in total. The molecule has 0 bridgehead atoms. The number of hydrogen-bond acceptors (Lipinski definition) is 6. The van der Waals surface area contributed by atoms with E-state index in [2.05, 4.69) is 17.1 Å². The number of carbonyl (C=O) groups excluding carboxylic acids is 1. The minimum atomic E-state index is 0.0157. The van der Waals surface area contributed by atoms with E-state index in [4.69, 9.17) is 14.2 Å². The van der Waals surface area contributed by atoms with Crippen LogP contribution in [0.2, 0.25) is 0 Å². The van der Waals surface area contributed by atoms with Crippen LogP contribution in [-0.4, -0.2) is 75.1 Å². The van der Waals surface area contributed by atoms with E-state index < -0.39 is 0 Å². The van der Waals surface area contributed by atoms with Gasteiger partial charge in [-0.05, 0) is 43.4 Å². The van der Waals surface area contributed by atoms with Crippen molar-refractivity contribution >= 4 is 5.97 Å². The van der Waals surface area contributed by atoms with Crippen molar-refractivity contribution in [3.8, 4) is 0 Å². The second-order valence-corrected chi connectivity index (χ2v) is 9.76. The Morgan fingerprint density at radius 2 is 2.07 bits per heavy atom. The van der Waals surface area contributed by atoms with Crippen molar-refractivity contribution < 1.29 is 19.0 Å². The van der Waals surface area contributed by atoms with Gasteiger partial charge in [0, 0.05) is 38.6 Å². The molecule has 0 aromatic heterocycles. The largest absolute Gasteiger partial charge is 0.462 e. The maximum Gasteiger partial charge on any atom is 0.310 e. The quantitative estimate of drug-likeness (QED) is 0.444. The summed E-state index contributed by atoms with van der Waals surface area (Å²) in [6.45, 7) is 9.75. The molecule has 0 aromatic carbocycles. The van der Waals surface area contributed by atoms with Crippen molar-refractivity contribution in [1.29, 1.82) is 0 Å². The maximum absolute atomic E-state index is 12.6. The first-order valence-corrected chi connectivity index (χ1v) is 10.9. The van der Waals surface area contributed by atoms with Crippen LogP contribution < -0.4 is 5.32 Å². The number of morpholine rings is 1. The summed E-state index contributed by atoms with van der Waals surface area (Å²) in [5.41, 5.74) is 0.423. The molecular formula is C21H34N2O4. The summed E-state index contributed by atoms with van der Waals surface area (Å²) in [6.07, 6.45) is 5.98. The van der Waals surface area contributed by atoms with Crippen molar-refractivity contribution in [2.75, 3.05) is 52.5 Å². The zero-order chi connectivity index (χ0) is 18.5. The van der Waals surface area contributed by atoms with Gasteiger partial charge in [0.25, 0.3) is 0 Å². The fourth-order valence-electron chi connectivity index (χ4n) is 6.51. The second kappa shape index (κ2) is 6.97. The number of rotatable bonds is 5. The lowest BCUT2D eigenvalue weighted by molar-refractivity contribution is -0.147. The Morgan fingerprint density at radius 1 is 1.26 bits per heavy atom. The van der Waals surface area contributed by atoms with Crippen molar-refractivity contribution in [3.05, 3.63) is 0 Å². The van der Waals surface area contributed by atoms with Gasteiger partial charge in [-0.25, -0.2) is 0 Å². The van der Waals surface area contributed by atoms with E-state index in [1.54, 1.807) is 0 Å². The molecular weight excluding hydrogens is 344 g/mol. The Hall–Kier alpha value is -0.690. The fraction of sp³-hybridized carbons (Fsp3) is 0.952. The molecule has 3 aliphatic heterocycles. The van der Waals surface area contributed by atoms with Crippen molar-refractivity contribution in [3.63, 3.8) is 0 Å². The molecule has 5 aliphatic rings. The van der Waals surface area contributed by atoms with Gasteiger partial charge < -0.3 is 19.5 Å². The Kier molecular flexibility index (Phi) is 4.74. The smallest absolute Gasteiger partial charge is 0.310 e. The molecule has 1 spiro atoms. The molecule has 27 heavy (non-hydrogen) atoms. The molecule has 152 valence electrons. The van der Waals surface area contributed by atoms with Crippen LogP contribution in [0.1, 0.15) is 39.0 Å². The standard InChI is InChI=1S/C21H34N2O4/c1-20-3-2-4-21(14-26-21)18(20)11-15-16(19(24)27-17(15)12-20)13-22-5-6-23-7-9-25-10-8-23/h15-18,22H,2-14H2,1H3/t15-,16?,17-,18?,20-,21+/m1/s1. The highest BCUT2D eigenvalue weighted by molar-refractivity contribution is 5.75. The van der Waals surface area contributed by atoms with Crippen LogP contribution in [0, 0.1) is 23.2 Å². The molecule has 2 saturated carbocycles. The van der Waals surface area contributed by atoms with Crippen LogP contribution in [0.4, 0.5) is 0 Å². The first-order valence-electron chi connectivity index (χ1n) is 10.9. The van der Waals surface area contributed by atoms with E-state index in [9.17, 15) is 4.79 Å². The summed E-state index contributed by atoms with van der Waals surface area (Å²) in [5, 5.41) is 3.54. The predicted molar refractivity (Wildman–Crippen MR) is 100 cm³/mol. The number of epoxide rings is 1. The summed E-state index contributed by atoms with van der Waals surface area (Å²) >= 11 is 0. The van der Waals surface area contributed by atoms with Crippen molar-refractivity contribution in [2.24, 2.45) is 23.2 Å². The minimum Gasteiger partial charge on any atom is -0.462 e. The molecule has 3 saturated heterocycles. The third-order valence-electron chi connectivity index (χ3n) is 8.15. The molecule has 6 heteroatoms. The number of fused-ring (bicyclic) bond motifs is 3. The van der Waals surface area contributed by atoms with Gasteiger partial charge in [-0.15, -0.1) is 0 Å². The molecule has 0 aromatic rings. The molecule has 0 radical (unpaired) electrons. The highest BCUT2D eigenvalue weighted by atomic mass is 16.6. The summed E-state index contributed by atoms with van der Waals surface area (Å²) in [5.74, 6) is 1.01. The van der Waals surface area contributed by atoms with Gasteiger partial charge in [-0.1, -0.05) is 6.92 Å². The third kappa shape index (κ3) is 3.33. The summed E-state index contributed by atoms with van der Waals surface area (Å²) in [4.78, 5) is 15.0. The zero-order valence-corrected chi connectivity index (χ0v) is 16.6. The Labute approximate surface area is 162 Å². The van der Waals surface area contributed by atoms with Crippen LogP contribution >= 0.6 is 0 Å². The van der Waals surface area contributed by atoms with E-state index in [1.165, 1.54) is 19.3 Å². The summed E-state index contributed by atoms with van der Waals surface area (Å²) in [6, 6.07) is 0. The van der Waals surface area contributed by atoms with Crippen LogP contribution in [0.15, 0.2) is 0 Å². The lowest BCUT2D eigenvalue weighted by Gasteiger charge is -2.51. The van der Waals surface area contributed by atoms with Crippen molar-refractivity contribution in [2.45, 2.75) is 50.7 Å². The van der Waals surface area contributed by atoms with E-state index in [0.717, 1.165) is 65.4 Å². The molecule has 5 rings (SSSR count). The van der Waals surface area contributed by atoms with E-state index in [0.29, 0.717) is 11.8 Å². The average molecular weight is 379 g/mol. The number of ether oxygens (including phenoxy) is 3. The Morgan fingerprint density at radius 3 is 2.85 bits per heavy atom. The SMILES string of the molecule is C[C@]12CCC[C@]3(CO3)C1C[C@@H]1C(CNCCN3CCOCC3)C(=O)O[C@@H]1C2. The maximum atomic E-state index is 12.6. The number of carbonyl (C=O) groups is 1. The fourth-order valence-corrected chi connectivity index (χ4v) is 6.51. The van der Waals surface area contributed by atoms with E-state index >= 15 is 0 Å². The van der Waals surface area contributed by atoms with Crippen LogP contribution in [-0.2, 0) is 19.0 Å². The predicted octanol–water partition coefficient (Wildman–Crippen LogP) is 1.44. The van der Waals surface area contributed by atoms with Crippen molar-refractivity contribution in [1.82, 2.24) is 10.2 Å². The zero-order valence-electron chi connectivity index (χ0n) is 16.6. The van der Waals surface area contributed by atoms with Crippen LogP contribution in [0.5, 0.6) is 0 Å². The number of nitrogens with one attached hydrogen (secondary N) is 1. The van der Waals surface area contributed by atoms with Gasteiger partial charge in [-0.2, -0.15) is 0 Å². The number of hydrogen-bond donors (Lipinski definition) is 1. The Balaban J connectivity index is 1.18. The van der Waals surface area contributed by atoms with Gasteiger partial charge >= 0.3 is 5.97 Å². The topological polar surface area (TPSA) is 63.3 Å². The normalized spacial score (nSPS) is 46.8. The van der Waals surface area contributed by atoms with Gasteiger partial charge in [0.15, 0.2) is 0 Å². The number of nitrogens with zero attached hydrogens (tertiary/aromatic N) is 1. The molecule has 6 atom stereocenters. The van der Waals surface area contributed by atoms with Gasteiger partial charge in [0.1, 0.15) is 6.10 Å². The molecule has 2 aliphatic carbocycles.